The first-order valence-corrected chi connectivity index (χ1v) is 7.70. The molecule has 1 aromatic rings. The normalized spacial score (nSPS) is 22.6. The van der Waals surface area contributed by atoms with E-state index in [1.54, 1.807) is 11.3 Å². The summed E-state index contributed by atoms with van der Waals surface area (Å²) in [7, 11) is 0. The number of thiophene rings is 1. The molecule has 0 unspecified atom stereocenters. The molecule has 19 heavy (non-hydrogen) atoms. The van der Waals surface area contributed by atoms with Crippen molar-refractivity contribution >= 4 is 23.2 Å². The van der Waals surface area contributed by atoms with Crippen LogP contribution < -0.4 is 5.32 Å². The van der Waals surface area contributed by atoms with Crippen LogP contribution in [0.3, 0.4) is 0 Å². The maximum absolute atomic E-state index is 12.8. The molecule has 1 aromatic heterocycles. The van der Waals surface area contributed by atoms with Crippen LogP contribution in [0.25, 0.3) is 0 Å². The number of amides is 2. The molecular formula is C14H18N2O2S. The molecule has 3 rings (SSSR count). The highest BCUT2D eigenvalue weighted by atomic mass is 32.1. The Morgan fingerprint density at radius 2 is 2.11 bits per heavy atom. The second kappa shape index (κ2) is 4.96. The molecule has 2 fully saturated rings. The quantitative estimate of drug-likeness (QED) is 0.898. The Morgan fingerprint density at radius 3 is 2.79 bits per heavy atom. The van der Waals surface area contributed by atoms with Gasteiger partial charge in [0.15, 0.2) is 0 Å². The number of nitrogens with zero attached hydrogens (tertiary/aromatic N) is 1. The predicted molar refractivity (Wildman–Crippen MR) is 73.7 cm³/mol. The van der Waals surface area contributed by atoms with Gasteiger partial charge in [-0.25, -0.2) is 0 Å². The molecule has 0 radical (unpaired) electrons. The van der Waals surface area contributed by atoms with Crippen LogP contribution in [-0.2, 0) is 16.1 Å². The first kappa shape index (κ1) is 12.7. The molecule has 1 aliphatic carbocycles. The van der Waals surface area contributed by atoms with E-state index in [1.807, 2.05) is 22.4 Å². The summed E-state index contributed by atoms with van der Waals surface area (Å²) in [4.78, 5) is 27.6. The van der Waals surface area contributed by atoms with Gasteiger partial charge < -0.3 is 10.2 Å². The number of hydrogen-bond donors (Lipinski definition) is 1. The lowest BCUT2D eigenvalue weighted by Crippen LogP contribution is -2.55. The minimum Gasteiger partial charge on any atom is -0.342 e. The molecule has 2 amide bonds. The van der Waals surface area contributed by atoms with Crippen molar-refractivity contribution in [2.24, 2.45) is 0 Å². The van der Waals surface area contributed by atoms with Gasteiger partial charge in [-0.1, -0.05) is 18.9 Å². The Hall–Kier alpha value is -1.36. The topological polar surface area (TPSA) is 49.4 Å². The van der Waals surface area contributed by atoms with Gasteiger partial charge in [0.05, 0.1) is 6.54 Å². The van der Waals surface area contributed by atoms with E-state index in [1.165, 1.54) is 4.88 Å². The number of carbonyl (C=O) groups excluding carboxylic acids is 2. The van der Waals surface area contributed by atoms with Crippen molar-refractivity contribution in [2.75, 3.05) is 6.54 Å². The van der Waals surface area contributed by atoms with Crippen molar-refractivity contribution in [2.45, 2.75) is 44.2 Å². The molecule has 1 saturated heterocycles. The van der Waals surface area contributed by atoms with E-state index in [0.717, 1.165) is 25.7 Å². The number of hydrogen-bond acceptors (Lipinski definition) is 3. The Bertz CT molecular complexity index is 478. The van der Waals surface area contributed by atoms with E-state index >= 15 is 0 Å². The standard InChI is InChI=1S/C14H18N2O2S/c17-12-5-8-16(10-11-4-3-9-19-11)13(18)14(15-12)6-1-2-7-14/h3-4,9H,1-2,5-8,10H2,(H,15,17). The lowest BCUT2D eigenvalue weighted by atomic mass is 9.96. The smallest absolute Gasteiger partial charge is 0.248 e. The fraction of sp³-hybridized carbons (Fsp3) is 0.571. The SMILES string of the molecule is O=C1CCN(Cc2cccs2)C(=O)C2(CCCC2)N1. The summed E-state index contributed by atoms with van der Waals surface area (Å²) in [6, 6.07) is 4.04. The van der Waals surface area contributed by atoms with Gasteiger partial charge in [0.25, 0.3) is 0 Å². The van der Waals surface area contributed by atoms with Gasteiger partial charge in [-0.2, -0.15) is 0 Å². The number of rotatable bonds is 2. The fourth-order valence-electron chi connectivity index (χ4n) is 3.08. The minimum atomic E-state index is -0.606. The van der Waals surface area contributed by atoms with Crippen molar-refractivity contribution < 1.29 is 9.59 Å². The van der Waals surface area contributed by atoms with Gasteiger partial charge in [-0.3, -0.25) is 9.59 Å². The highest BCUT2D eigenvalue weighted by molar-refractivity contribution is 7.09. The number of nitrogens with one attached hydrogen (secondary N) is 1. The van der Waals surface area contributed by atoms with E-state index in [9.17, 15) is 9.59 Å². The van der Waals surface area contributed by atoms with Crippen LogP contribution in [0.4, 0.5) is 0 Å². The zero-order valence-corrected chi connectivity index (χ0v) is 11.7. The molecular weight excluding hydrogens is 260 g/mol. The summed E-state index contributed by atoms with van der Waals surface area (Å²) < 4.78 is 0. The largest absolute Gasteiger partial charge is 0.342 e. The van der Waals surface area contributed by atoms with Crippen molar-refractivity contribution in [3.05, 3.63) is 22.4 Å². The third-order valence-electron chi connectivity index (χ3n) is 4.07. The third-order valence-corrected chi connectivity index (χ3v) is 4.93. The highest BCUT2D eigenvalue weighted by Gasteiger charge is 2.46. The zero-order valence-electron chi connectivity index (χ0n) is 10.9. The van der Waals surface area contributed by atoms with Gasteiger partial charge in [-0.15, -0.1) is 11.3 Å². The summed E-state index contributed by atoms with van der Waals surface area (Å²) in [5, 5.41) is 5.01. The van der Waals surface area contributed by atoms with Crippen molar-refractivity contribution in [3.63, 3.8) is 0 Å². The van der Waals surface area contributed by atoms with E-state index < -0.39 is 5.54 Å². The van der Waals surface area contributed by atoms with Crippen LogP contribution in [0.15, 0.2) is 17.5 Å². The lowest BCUT2D eigenvalue weighted by Gasteiger charge is -2.31. The fourth-order valence-corrected chi connectivity index (χ4v) is 3.80. The monoisotopic (exact) mass is 278 g/mol. The summed E-state index contributed by atoms with van der Waals surface area (Å²) in [5.74, 6) is 0.133. The van der Waals surface area contributed by atoms with Gasteiger partial charge >= 0.3 is 0 Å². The second-order valence-corrected chi connectivity index (χ2v) is 6.43. The summed E-state index contributed by atoms with van der Waals surface area (Å²) in [6.45, 7) is 1.16. The first-order chi connectivity index (χ1) is 9.20. The molecule has 102 valence electrons. The lowest BCUT2D eigenvalue weighted by molar-refractivity contribution is -0.139. The maximum atomic E-state index is 12.8. The maximum Gasteiger partial charge on any atom is 0.248 e. The van der Waals surface area contributed by atoms with Gasteiger partial charge in [-0.05, 0) is 24.3 Å². The average Bonchev–Trinajstić information content (AvgIpc) is 3.03. The van der Waals surface area contributed by atoms with Crippen molar-refractivity contribution in [3.8, 4) is 0 Å². The second-order valence-electron chi connectivity index (χ2n) is 5.39. The third kappa shape index (κ3) is 2.39. The molecule has 0 bridgehead atoms. The van der Waals surface area contributed by atoms with Crippen molar-refractivity contribution in [1.82, 2.24) is 10.2 Å². The Kier molecular flexibility index (Phi) is 3.31. The van der Waals surface area contributed by atoms with Gasteiger partial charge in [0.2, 0.25) is 11.8 Å². The molecule has 1 aliphatic heterocycles. The van der Waals surface area contributed by atoms with Crippen LogP contribution >= 0.6 is 11.3 Å². The van der Waals surface area contributed by atoms with Crippen LogP contribution in [0.5, 0.6) is 0 Å². The Balaban J connectivity index is 1.83. The molecule has 1 N–H and O–H groups in total. The number of carbonyl (C=O) groups is 2. The van der Waals surface area contributed by atoms with Gasteiger partial charge in [0, 0.05) is 17.8 Å². The Labute approximate surface area is 116 Å². The molecule has 0 aromatic carbocycles. The Morgan fingerprint density at radius 1 is 1.32 bits per heavy atom. The van der Waals surface area contributed by atoms with Crippen LogP contribution in [0.2, 0.25) is 0 Å². The predicted octanol–water partition coefficient (Wildman–Crippen LogP) is 1.91. The van der Waals surface area contributed by atoms with E-state index in [4.69, 9.17) is 0 Å². The minimum absolute atomic E-state index is 0.0175. The van der Waals surface area contributed by atoms with Crippen molar-refractivity contribution in [1.29, 1.82) is 0 Å². The zero-order chi connectivity index (χ0) is 13.3. The molecule has 1 spiro atoms. The van der Waals surface area contributed by atoms with Gasteiger partial charge in [0.1, 0.15) is 5.54 Å². The van der Waals surface area contributed by atoms with Crippen LogP contribution in [0, 0.1) is 0 Å². The van der Waals surface area contributed by atoms with Crippen LogP contribution in [0.1, 0.15) is 37.0 Å². The highest BCUT2D eigenvalue weighted by Crippen LogP contribution is 2.33. The summed E-state index contributed by atoms with van der Waals surface area (Å²) in [5.41, 5.74) is -0.606. The van der Waals surface area contributed by atoms with E-state index in [2.05, 4.69) is 5.32 Å². The molecule has 5 heteroatoms. The first-order valence-electron chi connectivity index (χ1n) is 6.82. The molecule has 2 aliphatic rings. The average molecular weight is 278 g/mol. The van der Waals surface area contributed by atoms with E-state index in [-0.39, 0.29) is 11.8 Å². The molecule has 4 nitrogen and oxygen atoms in total. The molecule has 1 saturated carbocycles. The van der Waals surface area contributed by atoms with E-state index in [0.29, 0.717) is 19.5 Å². The molecule has 2 heterocycles. The summed E-state index contributed by atoms with van der Waals surface area (Å²) in [6.07, 6.45) is 4.05. The molecule has 0 atom stereocenters. The summed E-state index contributed by atoms with van der Waals surface area (Å²) >= 11 is 1.66. The van der Waals surface area contributed by atoms with Crippen LogP contribution in [-0.4, -0.2) is 28.8 Å².